The summed E-state index contributed by atoms with van der Waals surface area (Å²) in [6.07, 6.45) is 4.23. The Hall–Kier alpha value is -0.520. The van der Waals surface area contributed by atoms with Crippen LogP contribution in [0.3, 0.4) is 0 Å². The molecule has 0 aromatic heterocycles. The minimum absolute atomic E-state index is 0.109. The van der Waals surface area contributed by atoms with Gasteiger partial charge in [-0.15, -0.1) is 11.3 Å². The average Bonchev–Trinajstić information content (AvgIpc) is 2.36. The SMILES string of the molecule is C=CC[C@H](C[C@H](C)C[C@H](C)C(=O)OC)N[S@@+]([O-])C(C)(C)C. The maximum atomic E-state index is 12.2. The second-order valence-corrected chi connectivity index (χ2v) is 8.72. The lowest BCUT2D eigenvalue weighted by Gasteiger charge is -2.29. The molecule has 0 amide bonds. The van der Waals surface area contributed by atoms with Crippen LogP contribution < -0.4 is 4.72 Å². The molecule has 0 spiro atoms. The molecule has 4 atom stereocenters. The predicted octanol–water partition coefficient (Wildman–Crippen LogP) is 3.21. The molecule has 0 aliphatic heterocycles. The van der Waals surface area contributed by atoms with Gasteiger partial charge in [0.25, 0.3) is 0 Å². The van der Waals surface area contributed by atoms with Gasteiger partial charge in [0, 0.05) is 11.4 Å². The minimum Gasteiger partial charge on any atom is -0.598 e. The number of rotatable bonds is 9. The summed E-state index contributed by atoms with van der Waals surface area (Å²) in [6.45, 7) is 13.6. The van der Waals surface area contributed by atoms with Crippen molar-refractivity contribution >= 4 is 17.3 Å². The van der Waals surface area contributed by atoms with Crippen LogP contribution in [0.25, 0.3) is 0 Å². The van der Waals surface area contributed by atoms with Crippen LogP contribution in [0.1, 0.15) is 53.9 Å². The highest BCUT2D eigenvalue weighted by atomic mass is 32.2. The Kier molecular flexibility index (Phi) is 9.25. The smallest absolute Gasteiger partial charge is 0.308 e. The van der Waals surface area contributed by atoms with Crippen LogP contribution in [0.4, 0.5) is 0 Å². The van der Waals surface area contributed by atoms with Crippen molar-refractivity contribution in [3.63, 3.8) is 0 Å². The molecule has 4 nitrogen and oxygen atoms in total. The Morgan fingerprint density at radius 3 is 2.38 bits per heavy atom. The van der Waals surface area contributed by atoms with Crippen molar-refractivity contribution in [3.8, 4) is 0 Å². The number of hydrogen-bond acceptors (Lipinski definition) is 4. The monoisotopic (exact) mass is 317 g/mol. The molecule has 0 saturated carbocycles. The van der Waals surface area contributed by atoms with Gasteiger partial charge < -0.3 is 9.29 Å². The van der Waals surface area contributed by atoms with Crippen LogP contribution in [-0.2, 0) is 20.9 Å². The first-order valence-corrected chi connectivity index (χ1v) is 8.63. The molecule has 124 valence electrons. The lowest BCUT2D eigenvalue weighted by Crippen LogP contribution is -2.45. The van der Waals surface area contributed by atoms with E-state index in [9.17, 15) is 9.35 Å². The highest BCUT2D eigenvalue weighted by Crippen LogP contribution is 2.21. The van der Waals surface area contributed by atoms with Crippen LogP contribution >= 0.6 is 0 Å². The molecule has 0 aromatic rings. The van der Waals surface area contributed by atoms with Crippen LogP contribution in [-0.4, -0.2) is 28.4 Å². The summed E-state index contributed by atoms with van der Waals surface area (Å²) in [5, 5.41) is 0. The van der Waals surface area contributed by atoms with Gasteiger partial charge in [-0.1, -0.05) is 19.9 Å². The lowest BCUT2D eigenvalue weighted by molar-refractivity contribution is -0.145. The summed E-state index contributed by atoms with van der Waals surface area (Å²) < 4.78 is 19.9. The minimum atomic E-state index is -1.10. The quantitative estimate of drug-likeness (QED) is 0.403. The number of methoxy groups -OCH3 is 1. The van der Waals surface area contributed by atoms with Gasteiger partial charge in [0.05, 0.1) is 19.1 Å². The van der Waals surface area contributed by atoms with Crippen molar-refractivity contribution in [1.82, 2.24) is 4.72 Å². The number of nitrogens with one attached hydrogen (secondary N) is 1. The zero-order valence-electron chi connectivity index (χ0n) is 14.3. The number of carbonyl (C=O) groups excluding carboxylic acids is 1. The van der Waals surface area contributed by atoms with Crippen LogP contribution in [0.2, 0.25) is 0 Å². The number of carbonyl (C=O) groups is 1. The summed E-state index contributed by atoms with van der Waals surface area (Å²) >= 11 is -1.10. The van der Waals surface area contributed by atoms with E-state index in [0.717, 1.165) is 19.3 Å². The third kappa shape index (κ3) is 8.49. The average molecular weight is 317 g/mol. The summed E-state index contributed by atoms with van der Waals surface area (Å²) in [5.41, 5.74) is 0. The molecule has 0 aromatic carbocycles. The molecule has 21 heavy (non-hydrogen) atoms. The molecule has 0 bridgehead atoms. The maximum absolute atomic E-state index is 12.2. The largest absolute Gasteiger partial charge is 0.598 e. The predicted molar refractivity (Wildman–Crippen MR) is 89.2 cm³/mol. The first-order chi connectivity index (χ1) is 9.61. The summed E-state index contributed by atoms with van der Waals surface area (Å²) in [5.74, 6) is 0.0596. The van der Waals surface area contributed by atoms with E-state index >= 15 is 0 Å². The number of ether oxygens (including phenoxy) is 1. The van der Waals surface area contributed by atoms with Crippen molar-refractivity contribution < 1.29 is 14.1 Å². The van der Waals surface area contributed by atoms with Crippen LogP contribution in [0, 0.1) is 11.8 Å². The maximum Gasteiger partial charge on any atom is 0.308 e. The van der Waals surface area contributed by atoms with Gasteiger partial charge in [-0.2, -0.15) is 0 Å². The van der Waals surface area contributed by atoms with E-state index in [0.29, 0.717) is 5.92 Å². The van der Waals surface area contributed by atoms with Crippen molar-refractivity contribution in [2.75, 3.05) is 7.11 Å². The highest BCUT2D eigenvalue weighted by molar-refractivity contribution is 7.90. The molecule has 0 heterocycles. The zero-order valence-corrected chi connectivity index (χ0v) is 15.1. The van der Waals surface area contributed by atoms with E-state index < -0.39 is 11.4 Å². The third-order valence-electron chi connectivity index (χ3n) is 3.33. The second kappa shape index (κ2) is 9.49. The summed E-state index contributed by atoms with van der Waals surface area (Å²) in [4.78, 5) is 11.5. The Bertz CT molecular complexity index is 328. The molecule has 0 aliphatic carbocycles. The fraction of sp³-hybridized carbons (Fsp3) is 0.812. The van der Waals surface area contributed by atoms with E-state index in [1.165, 1.54) is 7.11 Å². The Morgan fingerprint density at radius 1 is 1.38 bits per heavy atom. The Morgan fingerprint density at radius 2 is 1.95 bits per heavy atom. The van der Waals surface area contributed by atoms with Gasteiger partial charge >= 0.3 is 5.97 Å². The van der Waals surface area contributed by atoms with Crippen LogP contribution in [0.15, 0.2) is 12.7 Å². The zero-order chi connectivity index (χ0) is 16.6. The Labute approximate surface area is 133 Å². The highest BCUT2D eigenvalue weighted by Gasteiger charge is 2.29. The summed E-state index contributed by atoms with van der Waals surface area (Å²) in [6, 6.07) is 0.113. The molecule has 0 fully saturated rings. The molecule has 0 unspecified atom stereocenters. The van der Waals surface area contributed by atoms with Gasteiger partial charge in [-0.25, -0.2) is 0 Å². The van der Waals surface area contributed by atoms with Crippen LogP contribution in [0.5, 0.6) is 0 Å². The second-order valence-electron chi connectivity index (χ2n) is 6.72. The Balaban J connectivity index is 4.49. The third-order valence-corrected chi connectivity index (χ3v) is 4.99. The van der Waals surface area contributed by atoms with Crippen molar-refractivity contribution in [2.24, 2.45) is 11.8 Å². The molecule has 0 rings (SSSR count). The van der Waals surface area contributed by atoms with E-state index in [1.54, 1.807) is 0 Å². The van der Waals surface area contributed by atoms with E-state index in [4.69, 9.17) is 4.74 Å². The van der Waals surface area contributed by atoms with Gasteiger partial charge in [0.1, 0.15) is 4.75 Å². The fourth-order valence-corrected chi connectivity index (χ4v) is 3.05. The number of esters is 1. The standard InChI is InChI=1S/C16H31NO3S/c1-8-9-14(17-21(19)16(4,5)6)11-12(2)10-13(3)15(18)20-7/h8,12-14,17H,1,9-11H2,2-7H3/t12-,13+,14-,21+/m1/s1. The van der Waals surface area contributed by atoms with Gasteiger partial charge in [-0.05, 0) is 46.0 Å². The first-order valence-electron chi connectivity index (χ1n) is 7.48. The van der Waals surface area contributed by atoms with Gasteiger partial charge in [0.2, 0.25) is 0 Å². The number of hydrogen-bond donors (Lipinski definition) is 1. The van der Waals surface area contributed by atoms with E-state index in [-0.39, 0.29) is 22.7 Å². The first kappa shape index (κ1) is 20.5. The normalized spacial score (nSPS) is 17.7. The molecule has 0 aliphatic rings. The topological polar surface area (TPSA) is 61.4 Å². The molecular formula is C16H31NO3S. The summed E-state index contributed by atoms with van der Waals surface area (Å²) in [7, 11) is 1.41. The fourth-order valence-electron chi connectivity index (χ4n) is 2.20. The molecule has 0 saturated heterocycles. The molecule has 1 N–H and O–H groups in total. The molecule has 0 radical (unpaired) electrons. The van der Waals surface area contributed by atoms with E-state index in [2.05, 4.69) is 18.2 Å². The molecular weight excluding hydrogens is 286 g/mol. The van der Waals surface area contributed by atoms with Crippen molar-refractivity contribution in [1.29, 1.82) is 0 Å². The molecule has 5 heteroatoms. The van der Waals surface area contributed by atoms with Gasteiger partial charge in [-0.3, -0.25) is 4.79 Å². The lowest BCUT2D eigenvalue weighted by atomic mass is 9.91. The van der Waals surface area contributed by atoms with E-state index in [1.807, 2.05) is 33.8 Å². The van der Waals surface area contributed by atoms with Crippen molar-refractivity contribution in [2.45, 2.75) is 64.7 Å². The van der Waals surface area contributed by atoms with Crippen molar-refractivity contribution in [3.05, 3.63) is 12.7 Å². The van der Waals surface area contributed by atoms with Gasteiger partial charge in [0.15, 0.2) is 0 Å².